The molecule has 0 fully saturated rings. The van der Waals surface area contributed by atoms with Crippen LogP contribution in [0.3, 0.4) is 0 Å². The number of aromatic amines is 1. The highest BCUT2D eigenvalue weighted by Gasteiger charge is 2.09. The van der Waals surface area contributed by atoms with Gasteiger partial charge in [0.05, 0.1) is 0 Å². The second-order valence-corrected chi connectivity index (χ2v) is 2.56. The fraction of sp³-hybridized carbons (Fsp3) is 0.333. The van der Waals surface area contributed by atoms with Crippen LogP contribution in [0.25, 0.3) is 0 Å². The summed E-state index contributed by atoms with van der Waals surface area (Å²) in [6.45, 7) is -0.776. The summed E-state index contributed by atoms with van der Waals surface area (Å²) in [4.78, 5) is 45.1. The highest BCUT2D eigenvalue weighted by molar-refractivity contribution is 5.66. The molecular formula is C6H7N3O5. The van der Waals surface area contributed by atoms with Gasteiger partial charge in [0.2, 0.25) is 0 Å². The molecule has 8 nitrogen and oxygen atoms in total. The van der Waals surface area contributed by atoms with Gasteiger partial charge < -0.3 is 5.11 Å². The number of carbonyl (C=O) groups is 1. The lowest BCUT2D eigenvalue weighted by atomic mass is 10.6. The van der Waals surface area contributed by atoms with E-state index in [2.05, 4.69) is 0 Å². The van der Waals surface area contributed by atoms with Crippen LogP contribution in [0.2, 0.25) is 0 Å². The Bertz CT molecular complexity index is 534. The number of nitrogens with one attached hydrogen (secondary N) is 1. The fourth-order valence-corrected chi connectivity index (χ4v) is 0.872. The van der Waals surface area contributed by atoms with Crippen molar-refractivity contribution in [2.45, 2.75) is 6.54 Å². The number of carboxylic acid groups (broad SMARTS) is 1. The van der Waals surface area contributed by atoms with Crippen molar-refractivity contribution in [2.75, 3.05) is 0 Å². The van der Waals surface area contributed by atoms with Gasteiger partial charge in [-0.15, -0.1) is 0 Å². The first-order valence-corrected chi connectivity index (χ1v) is 3.55. The van der Waals surface area contributed by atoms with Crippen LogP contribution in [0, 0.1) is 0 Å². The van der Waals surface area contributed by atoms with Crippen LogP contribution in [0.4, 0.5) is 0 Å². The molecule has 0 saturated heterocycles. The van der Waals surface area contributed by atoms with Gasteiger partial charge in [-0.2, -0.15) is 0 Å². The molecule has 0 aliphatic carbocycles. The molecule has 14 heavy (non-hydrogen) atoms. The maximum Gasteiger partial charge on any atom is 0.336 e. The molecule has 0 bridgehead atoms. The molecule has 0 unspecified atom stereocenters. The van der Waals surface area contributed by atoms with Gasteiger partial charge in [0.1, 0.15) is 6.54 Å². The lowest BCUT2D eigenvalue weighted by Crippen LogP contribution is -2.49. The topological polar surface area (TPSA) is 114 Å². The zero-order chi connectivity index (χ0) is 10.9. The minimum atomic E-state index is -1.34. The number of aliphatic carboxylic acids is 1. The summed E-state index contributed by atoms with van der Waals surface area (Å²) in [7, 11) is 1.14. The number of aromatic nitrogens is 3. The van der Waals surface area contributed by atoms with E-state index in [0.717, 1.165) is 7.05 Å². The number of H-pyrrole nitrogens is 1. The van der Waals surface area contributed by atoms with E-state index < -0.39 is 29.6 Å². The summed E-state index contributed by atoms with van der Waals surface area (Å²) in [5.74, 6) is -1.34. The Labute approximate surface area is 76.0 Å². The predicted octanol–water partition coefficient (Wildman–Crippen LogP) is -2.68. The third kappa shape index (κ3) is 1.63. The smallest absolute Gasteiger partial charge is 0.336 e. The van der Waals surface area contributed by atoms with Crippen LogP contribution < -0.4 is 17.1 Å². The number of carboxylic acids is 1. The van der Waals surface area contributed by atoms with Crippen LogP contribution in [0.15, 0.2) is 14.4 Å². The van der Waals surface area contributed by atoms with Gasteiger partial charge in [-0.05, 0) is 0 Å². The number of rotatable bonds is 2. The van der Waals surface area contributed by atoms with Crippen molar-refractivity contribution in [2.24, 2.45) is 7.05 Å². The molecule has 1 heterocycles. The third-order valence-electron chi connectivity index (χ3n) is 1.57. The van der Waals surface area contributed by atoms with Crippen LogP contribution >= 0.6 is 0 Å². The molecule has 0 aliphatic heterocycles. The summed E-state index contributed by atoms with van der Waals surface area (Å²) in [6.07, 6.45) is 0. The quantitative estimate of drug-likeness (QED) is 0.541. The van der Waals surface area contributed by atoms with Crippen molar-refractivity contribution >= 4 is 5.97 Å². The molecule has 0 saturated carbocycles. The molecule has 0 radical (unpaired) electrons. The van der Waals surface area contributed by atoms with Crippen molar-refractivity contribution in [1.29, 1.82) is 0 Å². The number of hydrogen-bond acceptors (Lipinski definition) is 4. The summed E-state index contributed by atoms with van der Waals surface area (Å²) in [6, 6.07) is 0. The zero-order valence-corrected chi connectivity index (χ0v) is 7.18. The average Bonchev–Trinajstić information content (AvgIpc) is 2.09. The molecule has 76 valence electrons. The van der Waals surface area contributed by atoms with E-state index in [9.17, 15) is 19.2 Å². The largest absolute Gasteiger partial charge is 0.480 e. The lowest BCUT2D eigenvalue weighted by molar-refractivity contribution is -0.137. The lowest BCUT2D eigenvalue weighted by Gasteiger charge is -2.01. The van der Waals surface area contributed by atoms with Crippen molar-refractivity contribution in [3.8, 4) is 0 Å². The van der Waals surface area contributed by atoms with Gasteiger partial charge in [0, 0.05) is 7.05 Å². The molecule has 8 heteroatoms. The van der Waals surface area contributed by atoms with E-state index in [1.807, 2.05) is 0 Å². The molecule has 0 aliphatic rings. The molecular weight excluding hydrogens is 194 g/mol. The van der Waals surface area contributed by atoms with Gasteiger partial charge >= 0.3 is 23.0 Å². The molecule has 1 rings (SSSR count). The Morgan fingerprint density at radius 3 is 2.43 bits per heavy atom. The first-order valence-electron chi connectivity index (χ1n) is 3.55. The Balaban J connectivity index is 3.53. The maximum atomic E-state index is 11.2. The summed E-state index contributed by atoms with van der Waals surface area (Å²) in [5, 5.41) is 8.38. The van der Waals surface area contributed by atoms with Crippen molar-refractivity contribution in [1.82, 2.24) is 14.1 Å². The van der Waals surface area contributed by atoms with Crippen LogP contribution in [-0.2, 0) is 18.4 Å². The Morgan fingerprint density at radius 2 is 1.93 bits per heavy atom. The van der Waals surface area contributed by atoms with E-state index in [-0.39, 0.29) is 0 Å². The highest BCUT2D eigenvalue weighted by Crippen LogP contribution is 1.69. The van der Waals surface area contributed by atoms with Gasteiger partial charge in [-0.25, -0.2) is 23.5 Å². The molecule has 0 aromatic carbocycles. The molecule has 0 spiro atoms. The van der Waals surface area contributed by atoms with Gasteiger partial charge in [0.25, 0.3) is 0 Å². The SMILES string of the molecule is Cn1c(=O)[nH]c(=O)n(CC(=O)O)c1=O. The second kappa shape index (κ2) is 3.32. The molecule has 0 atom stereocenters. The maximum absolute atomic E-state index is 11.2. The van der Waals surface area contributed by atoms with E-state index in [4.69, 9.17) is 5.11 Å². The Kier molecular flexibility index (Phi) is 2.36. The van der Waals surface area contributed by atoms with Crippen LogP contribution in [-0.4, -0.2) is 25.2 Å². The monoisotopic (exact) mass is 201 g/mol. The normalized spacial score (nSPS) is 10.1. The van der Waals surface area contributed by atoms with Crippen LogP contribution in [0.1, 0.15) is 0 Å². The number of nitrogens with zero attached hydrogens (tertiary/aromatic N) is 2. The first kappa shape index (κ1) is 9.96. The van der Waals surface area contributed by atoms with Crippen LogP contribution in [0.5, 0.6) is 0 Å². The van der Waals surface area contributed by atoms with Crippen molar-refractivity contribution in [3.05, 3.63) is 31.5 Å². The first-order chi connectivity index (χ1) is 6.43. The van der Waals surface area contributed by atoms with E-state index >= 15 is 0 Å². The number of hydrogen-bond donors (Lipinski definition) is 2. The van der Waals surface area contributed by atoms with Gasteiger partial charge in [-0.3, -0.25) is 9.78 Å². The van der Waals surface area contributed by atoms with Crippen molar-refractivity contribution < 1.29 is 9.90 Å². The molecule has 2 N–H and O–H groups in total. The molecule has 1 aromatic rings. The Hall–Kier alpha value is -2.12. The second-order valence-electron chi connectivity index (χ2n) is 2.56. The minimum Gasteiger partial charge on any atom is -0.480 e. The third-order valence-corrected chi connectivity index (χ3v) is 1.57. The average molecular weight is 201 g/mol. The zero-order valence-electron chi connectivity index (χ0n) is 7.18. The molecule has 0 amide bonds. The fourth-order valence-electron chi connectivity index (χ4n) is 0.872. The van der Waals surface area contributed by atoms with E-state index in [1.165, 1.54) is 0 Å². The van der Waals surface area contributed by atoms with E-state index in [1.54, 1.807) is 4.98 Å². The molecule has 1 aromatic heterocycles. The van der Waals surface area contributed by atoms with E-state index in [0.29, 0.717) is 9.13 Å². The minimum absolute atomic E-state index is 0.420. The van der Waals surface area contributed by atoms with Crippen molar-refractivity contribution in [3.63, 3.8) is 0 Å². The van der Waals surface area contributed by atoms with Gasteiger partial charge in [0.15, 0.2) is 0 Å². The summed E-state index contributed by atoms with van der Waals surface area (Å²) < 4.78 is 1.04. The van der Waals surface area contributed by atoms with Gasteiger partial charge in [-0.1, -0.05) is 0 Å². The summed E-state index contributed by atoms with van der Waals surface area (Å²) in [5.41, 5.74) is -2.86. The highest BCUT2D eigenvalue weighted by atomic mass is 16.4. The predicted molar refractivity (Wildman–Crippen MR) is 44.2 cm³/mol. The standard InChI is InChI=1S/C6H7N3O5/c1-8-4(12)7-5(13)9(6(8)14)2-3(10)11/h2H2,1H3,(H,10,11)(H,7,12,13). The summed E-state index contributed by atoms with van der Waals surface area (Å²) >= 11 is 0. The Morgan fingerprint density at radius 1 is 1.36 bits per heavy atom.